The molecule has 5 nitrogen and oxygen atoms in total. The Morgan fingerprint density at radius 2 is 2.35 bits per heavy atom. The summed E-state index contributed by atoms with van der Waals surface area (Å²) in [6, 6.07) is 0.635. The first-order chi connectivity index (χ1) is 8.22. The van der Waals surface area contributed by atoms with E-state index in [4.69, 9.17) is 0 Å². The minimum Gasteiger partial charge on any atom is -0.311 e. The highest BCUT2D eigenvalue weighted by molar-refractivity contribution is 5.13. The van der Waals surface area contributed by atoms with E-state index in [1.54, 1.807) is 0 Å². The van der Waals surface area contributed by atoms with Crippen LogP contribution in [0, 0.1) is 0 Å². The molecule has 2 heterocycles. The highest BCUT2D eigenvalue weighted by Gasteiger charge is 2.16. The van der Waals surface area contributed by atoms with Crippen molar-refractivity contribution in [3.63, 3.8) is 0 Å². The van der Waals surface area contributed by atoms with Crippen LogP contribution in [0.25, 0.3) is 0 Å². The van der Waals surface area contributed by atoms with Gasteiger partial charge in [-0.05, 0) is 20.4 Å². The molecule has 1 aromatic rings. The zero-order valence-corrected chi connectivity index (χ0v) is 11.1. The van der Waals surface area contributed by atoms with Gasteiger partial charge in [-0.25, -0.2) is 4.68 Å². The summed E-state index contributed by atoms with van der Waals surface area (Å²) in [7, 11) is 2.18. The van der Waals surface area contributed by atoms with Crippen molar-refractivity contribution in [3.05, 3.63) is 11.4 Å². The minimum absolute atomic E-state index is 0.635. The Kier molecular flexibility index (Phi) is 4.12. The SMILES string of the molecule is CCC(C)N(C)CCn1nnc2c1CCNC2. The minimum atomic E-state index is 0.635. The van der Waals surface area contributed by atoms with Crippen LogP contribution < -0.4 is 5.32 Å². The Labute approximate surface area is 103 Å². The standard InChI is InChI=1S/C12H23N5/c1-4-10(2)16(3)7-8-17-12-5-6-13-9-11(12)14-15-17/h10,13H,4-9H2,1-3H3. The molecule has 1 unspecified atom stereocenters. The Morgan fingerprint density at radius 1 is 1.53 bits per heavy atom. The van der Waals surface area contributed by atoms with E-state index in [0.29, 0.717) is 6.04 Å². The van der Waals surface area contributed by atoms with Crippen LogP contribution in [0.5, 0.6) is 0 Å². The van der Waals surface area contributed by atoms with Gasteiger partial charge in [-0.15, -0.1) is 5.10 Å². The lowest BCUT2D eigenvalue weighted by Crippen LogP contribution is -2.32. The average Bonchev–Trinajstić information content (AvgIpc) is 2.78. The molecule has 0 saturated carbocycles. The summed E-state index contributed by atoms with van der Waals surface area (Å²) in [6.07, 6.45) is 2.24. The van der Waals surface area contributed by atoms with Crippen LogP contribution in [0.1, 0.15) is 31.7 Å². The van der Waals surface area contributed by atoms with Gasteiger partial charge in [0.25, 0.3) is 0 Å². The molecule has 17 heavy (non-hydrogen) atoms. The summed E-state index contributed by atoms with van der Waals surface area (Å²) < 4.78 is 2.08. The second-order valence-electron chi connectivity index (χ2n) is 4.87. The fourth-order valence-electron chi connectivity index (χ4n) is 2.16. The maximum absolute atomic E-state index is 4.25. The molecule has 0 aromatic carbocycles. The third-order valence-electron chi connectivity index (χ3n) is 3.76. The van der Waals surface area contributed by atoms with Gasteiger partial charge in [0, 0.05) is 32.1 Å². The second-order valence-corrected chi connectivity index (χ2v) is 4.87. The van der Waals surface area contributed by atoms with Gasteiger partial charge in [0.15, 0.2) is 0 Å². The summed E-state index contributed by atoms with van der Waals surface area (Å²) in [4.78, 5) is 2.38. The van der Waals surface area contributed by atoms with Gasteiger partial charge >= 0.3 is 0 Å². The summed E-state index contributed by atoms with van der Waals surface area (Å²) in [5, 5.41) is 11.8. The van der Waals surface area contributed by atoms with E-state index in [0.717, 1.165) is 38.3 Å². The molecule has 0 saturated heterocycles. The molecule has 0 bridgehead atoms. The first-order valence-corrected chi connectivity index (χ1v) is 6.54. The topological polar surface area (TPSA) is 46.0 Å². The Hall–Kier alpha value is -0.940. The smallest absolute Gasteiger partial charge is 0.0997 e. The number of fused-ring (bicyclic) bond motifs is 1. The fraction of sp³-hybridized carbons (Fsp3) is 0.833. The van der Waals surface area contributed by atoms with E-state index in [9.17, 15) is 0 Å². The molecule has 5 heteroatoms. The normalized spacial score (nSPS) is 17.2. The van der Waals surface area contributed by atoms with E-state index in [1.807, 2.05) is 0 Å². The fourth-order valence-corrected chi connectivity index (χ4v) is 2.16. The molecular formula is C12H23N5. The van der Waals surface area contributed by atoms with Crippen LogP contribution in [0.15, 0.2) is 0 Å². The summed E-state index contributed by atoms with van der Waals surface area (Å²) in [5.74, 6) is 0. The van der Waals surface area contributed by atoms with Crippen molar-refractivity contribution in [2.24, 2.45) is 0 Å². The van der Waals surface area contributed by atoms with Crippen molar-refractivity contribution in [1.82, 2.24) is 25.2 Å². The number of hydrogen-bond donors (Lipinski definition) is 1. The molecule has 1 N–H and O–H groups in total. The van der Waals surface area contributed by atoms with Crippen LogP contribution in [-0.2, 0) is 19.5 Å². The Morgan fingerprint density at radius 3 is 3.12 bits per heavy atom. The lowest BCUT2D eigenvalue weighted by Gasteiger charge is -2.23. The van der Waals surface area contributed by atoms with Crippen LogP contribution in [0.3, 0.4) is 0 Å². The van der Waals surface area contributed by atoms with Crippen LogP contribution in [0.2, 0.25) is 0 Å². The molecule has 0 spiro atoms. The van der Waals surface area contributed by atoms with Crippen LogP contribution in [-0.4, -0.2) is 46.1 Å². The van der Waals surface area contributed by atoms with Crippen molar-refractivity contribution in [1.29, 1.82) is 0 Å². The molecule has 0 aliphatic carbocycles. The number of rotatable bonds is 5. The number of likely N-dealkylation sites (N-methyl/N-ethyl adjacent to an activating group) is 1. The van der Waals surface area contributed by atoms with Crippen molar-refractivity contribution < 1.29 is 0 Å². The van der Waals surface area contributed by atoms with Crippen molar-refractivity contribution >= 4 is 0 Å². The molecule has 0 fully saturated rings. The van der Waals surface area contributed by atoms with Crippen molar-refractivity contribution in [2.75, 3.05) is 20.1 Å². The van der Waals surface area contributed by atoms with E-state index >= 15 is 0 Å². The largest absolute Gasteiger partial charge is 0.311 e. The number of hydrogen-bond acceptors (Lipinski definition) is 4. The Balaban J connectivity index is 1.93. The van der Waals surface area contributed by atoms with Gasteiger partial charge in [0.2, 0.25) is 0 Å². The number of nitrogens with zero attached hydrogens (tertiary/aromatic N) is 4. The molecule has 2 rings (SSSR count). The van der Waals surface area contributed by atoms with Gasteiger partial charge in [-0.2, -0.15) is 0 Å². The molecule has 1 aliphatic heterocycles. The van der Waals surface area contributed by atoms with Crippen LogP contribution in [0.4, 0.5) is 0 Å². The second kappa shape index (κ2) is 5.60. The summed E-state index contributed by atoms with van der Waals surface area (Å²) >= 11 is 0. The quantitative estimate of drug-likeness (QED) is 0.817. The van der Waals surface area contributed by atoms with Crippen molar-refractivity contribution in [2.45, 2.75) is 45.8 Å². The van der Waals surface area contributed by atoms with Gasteiger partial charge < -0.3 is 10.2 Å². The third kappa shape index (κ3) is 2.84. The van der Waals surface area contributed by atoms with Gasteiger partial charge in [0.1, 0.15) is 0 Å². The number of nitrogens with one attached hydrogen (secondary N) is 1. The molecule has 96 valence electrons. The highest BCUT2D eigenvalue weighted by Crippen LogP contribution is 2.10. The predicted molar refractivity (Wildman–Crippen MR) is 67.8 cm³/mol. The predicted octanol–water partition coefficient (Wildman–Crippen LogP) is 0.654. The van der Waals surface area contributed by atoms with E-state index in [-0.39, 0.29) is 0 Å². The first-order valence-electron chi connectivity index (χ1n) is 6.54. The van der Waals surface area contributed by atoms with Gasteiger partial charge in [-0.1, -0.05) is 12.1 Å². The zero-order valence-electron chi connectivity index (χ0n) is 11.1. The monoisotopic (exact) mass is 237 g/mol. The maximum Gasteiger partial charge on any atom is 0.0997 e. The molecule has 0 amide bonds. The third-order valence-corrected chi connectivity index (χ3v) is 3.76. The van der Waals surface area contributed by atoms with E-state index in [1.165, 1.54) is 12.1 Å². The molecule has 1 aromatic heterocycles. The molecular weight excluding hydrogens is 214 g/mol. The Bertz CT molecular complexity index is 360. The van der Waals surface area contributed by atoms with Crippen molar-refractivity contribution in [3.8, 4) is 0 Å². The lowest BCUT2D eigenvalue weighted by atomic mass is 10.2. The summed E-state index contributed by atoms with van der Waals surface area (Å²) in [6.45, 7) is 8.39. The highest BCUT2D eigenvalue weighted by atomic mass is 15.4. The summed E-state index contributed by atoms with van der Waals surface area (Å²) in [5.41, 5.74) is 2.45. The molecule has 1 atom stereocenters. The zero-order chi connectivity index (χ0) is 12.3. The lowest BCUT2D eigenvalue weighted by molar-refractivity contribution is 0.237. The van der Waals surface area contributed by atoms with E-state index < -0.39 is 0 Å². The molecule has 1 aliphatic rings. The van der Waals surface area contributed by atoms with Gasteiger partial charge in [-0.3, -0.25) is 0 Å². The van der Waals surface area contributed by atoms with Gasteiger partial charge in [0.05, 0.1) is 17.9 Å². The maximum atomic E-state index is 4.25. The first kappa shape index (κ1) is 12.5. The van der Waals surface area contributed by atoms with E-state index in [2.05, 4.69) is 46.1 Å². The molecule has 0 radical (unpaired) electrons. The average molecular weight is 237 g/mol. The van der Waals surface area contributed by atoms with Crippen LogP contribution >= 0.6 is 0 Å². The number of aromatic nitrogens is 3.